The van der Waals surface area contributed by atoms with Crippen molar-refractivity contribution in [2.24, 2.45) is 5.92 Å². The second-order valence-electron chi connectivity index (χ2n) is 6.09. The maximum Gasteiger partial charge on any atom is 0.249 e. The lowest BCUT2D eigenvalue weighted by atomic mass is 9.57. The number of ether oxygens (including phenoxy) is 1. The number of nitro groups is 1. The van der Waals surface area contributed by atoms with Gasteiger partial charge in [-0.3, -0.25) is 14.9 Å². The highest BCUT2D eigenvalue weighted by Crippen LogP contribution is 2.52. The van der Waals surface area contributed by atoms with Gasteiger partial charge in [0.1, 0.15) is 11.4 Å². The molecule has 4 atom stereocenters. The third-order valence-corrected chi connectivity index (χ3v) is 4.97. The van der Waals surface area contributed by atoms with E-state index in [0.29, 0.717) is 12.8 Å². The van der Waals surface area contributed by atoms with Crippen molar-refractivity contribution in [1.82, 2.24) is 0 Å². The molecule has 0 radical (unpaired) electrons. The van der Waals surface area contributed by atoms with Gasteiger partial charge >= 0.3 is 0 Å². The number of aliphatic hydroxyl groups is 1. The third kappa shape index (κ3) is 2.32. The van der Waals surface area contributed by atoms with Gasteiger partial charge in [0.05, 0.1) is 19.1 Å². The predicted molar refractivity (Wildman–Crippen MR) is 78.1 cm³/mol. The molecule has 0 saturated heterocycles. The van der Waals surface area contributed by atoms with Crippen LogP contribution >= 0.6 is 0 Å². The number of Topliss-reactive ketones (excluding diaryl/α,β-unsaturated/α-hetero) is 1. The molecule has 0 spiro atoms. The summed E-state index contributed by atoms with van der Waals surface area (Å²) in [5.74, 6) is -0.724. The second kappa shape index (κ2) is 5.78. The van der Waals surface area contributed by atoms with Gasteiger partial charge in [-0.15, -0.1) is 0 Å². The number of carbonyl (C=O) groups excluding carboxylic acids is 1. The van der Waals surface area contributed by atoms with Crippen LogP contribution in [0.25, 0.3) is 0 Å². The van der Waals surface area contributed by atoms with Crippen molar-refractivity contribution in [2.75, 3.05) is 13.2 Å². The molecule has 1 aromatic carbocycles. The lowest BCUT2D eigenvalue weighted by Gasteiger charge is -2.50. The molecule has 0 amide bonds. The van der Waals surface area contributed by atoms with E-state index in [-0.39, 0.29) is 36.3 Å². The van der Waals surface area contributed by atoms with Crippen molar-refractivity contribution in [3.63, 3.8) is 0 Å². The third-order valence-electron chi connectivity index (χ3n) is 4.97. The number of benzene rings is 1. The maximum absolute atomic E-state index is 12.4. The van der Waals surface area contributed by atoms with Crippen LogP contribution in [-0.2, 0) is 9.53 Å². The fraction of sp³-hybridized carbons (Fsp3) is 0.562. The molecule has 0 heterocycles. The van der Waals surface area contributed by atoms with E-state index in [4.69, 9.17) is 9.84 Å². The molecule has 1 aromatic rings. The first kappa shape index (κ1) is 15.1. The summed E-state index contributed by atoms with van der Waals surface area (Å²) in [6.45, 7) is -0.191. The summed E-state index contributed by atoms with van der Waals surface area (Å²) >= 11 is 0. The summed E-state index contributed by atoms with van der Waals surface area (Å²) in [6.07, 6.45) is 1.18. The van der Waals surface area contributed by atoms with Crippen LogP contribution in [-0.4, -0.2) is 40.7 Å². The van der Waals surface area contributed by atoms with Crippen LogP contribution < -0.4 is 0 Å². The molecule has 1 N–H and O–H groups in total. The van der Waals surface area contributed by atoms with E-state index < -0.39 is 17.6 Å². The second-order valence-corrected chi connectivity index (χ2v) is 6.09. The number of fused-ring (bicyclic) bond motifs is 3. The smallest absolute Gasteiger partial charge is 0.249 e. The van der Waals surface area contributed by atoms with Gasteiger partial charge in [-0.05, 0) is 18.4 Å². The van der Waals surface area contributed by atoms with Crippen LogP contribution in [0.15, 0.2) is 30.3 Å². The minimum Gasteiger partial charge on any atom is -0.394 e. The molecule has 0 unspecified atom stereocenters. The SMILES string of the molecule is O=C1C[C@]2(OCCO)CC[C@H]1[C@H](c1ccccc1)[C@H]2[N+](=O)[O-]. The summed E-state index contributed by atoms with van der Waals surface area (Å²) in [5.41, 5.74) is -0.266. The van der Waals surface area contributed by atoms with Crippen molar-refractivity contribution in [3.8, 4) is 0 Å². The molecule has 3 aliphatic carbocycles. The Labute approximate surface area is 128 Å². The molecular formula is C16H19NO5. The zero-order chi connectivity index (χ0) is 15.7. The normalized spacial score (nSPS) is 33.9. The van der Waals surface area contributed by atoms with Crippen molar-refractivity contribution < 1.29 is 19.6 Å². The number of carbonyl (C=O) groups is 1. The highest BCUT2D eigenvalue weighted by Gasteiger charge is 2.64. The van der Waals surface area contributed by atoms with Crippen molar-refractivity contribution >= 4 is 5.78 Å². The van der Waals surface area contributed by atoms with Gasteiger partial charge in [0, 0.05) is 17.3 Å². The molecule has 3 aliphatic rings. The number of ketones is 1. The predicted octanol–water partition coefficient (Wildman–Crippen LogP) is 1.55. The van der Waals surface area contributed by atoms with Crippen LogP contribution in [0.4, 0.5) is 0 Å². The van der Waals surface area contributed by atoms with E-state index in [1.165, 1.54) is 0 Å². The minimum atomic E-state index is -1.08. The van der Waals surface area contributed by atoms with Crippen LogP contribution in [0.3, 0.4) is 0 Å². The van der Waals surface area contributed by atoms with Gasteiger partial charge in [0.2, 0.25) is 6.04 Å². The lowest BCUT2D eigenvalue weighted by Crippen LogP contribution is -2.63. The first-order valence-corrected chi connectivity index (χ1v) is 7.55. The highest BCUT2D eigenvalue weighted by atomic mass is 16.6. The summed E-state index contributed by atoms with van der Waals surface area (Å²) in [7, 11) is 0. The molecule has 4 rings (SSSR count). The lowest BCUT2D eigenvalue weighted by molar-refractivity contribution is -0.558. The van der Waals surface area contributed by atoms with Crippen molar-refractivity contribution in [1.29, 1.82) is 0 Å². The Morgan fingerprint density at radius 1 is 1.36 bits per heavy atom. The fourth-order valence-corrected chi connectivity index (χ4v) is 4.13. The number of aliphatic hydroxyl groups excluding tert-OH is 1. The molecule has 6 heteroatoms. The summed E-state index contributed by atoms with van der Waals surface area (Å²) in [4.78, 5) is 23.9. The Kier molecular flexibility index (Phi) is 3.97. The monoisotopic (exact) mass is 305 g/mol. The van der Waals surface area contributed by atoms with E-state index in [9.17, 15) is 14.9 Å². The van der Waals surface area contributed by atoms with Gasteiger partial charge in [0.25, 0.3) is 0 Å². The van der Waals surface area contributed by atoms with E-state index in [0.717, 1.165) is 5.56 Å². The molecular weight excluding hydrogens is 286 g/mol. The quantitative estimate of drug-likeness (QED) is 0.658. The molecule has 22 heavy (non-hydrogen) atoms. The van der Waals surface area contributed by atoms with E-state index >= 15 is 0 Å². The van der Waals surface area contributed by atoms with Gasteiger partial charge in [-0.25, -0.2) is 0 Å². The first-order chi connectivity index (χ1) is 10.6. The highest BCUT2D eigenvalue weighted by molar-refractivity contribution is 5.85. The molecule has 3 saturated carbocycles. The topological polar surface area (TPSA) is 89.7 Å². The Hall–Kier alpha value is -1.79. The Bertz CT molecular complexity index is 575. The van der Waals surface area contributed by atoms with E-state index in [1.807, 2.05) is 30.3 Å². The first-order valence-electron chi connectivity index (χ1n) is 7.55. The van der Waals surface area contributed by atoms with Crippen molar-refractivity contribution in [3.05, 3.63) is 46.0 Å². The molecule has 2 bridgehead atoms. The van der Waals surface area contributed by atoms with Crippen molar-refractivity contribution in [2.45, 2.75) is 36.8 Å². The average molecular weight is 305 g/mol. The van der Waals surface area contributed by atoms with E-state index in [2.05, 4.69) is 0 Å². The summed E-state index contributed by atoms with van der Waals surface area (Å²) < 4.78 is 5.69. The molecule has 118 valence electrons. The Morgan fingerprint density at radius 3 is 2.68 bits per heavy atom. The number of hydrogen-bond donors (Lipinski definition) is 1. The minimum absolute atomic E-state index is 0.0177. The van der Waals surface area contributed by atoms with Crippen LogP contribution in [0, 0.1) is 16.0 Å². The van der Waals surface area contributed by atoms with Gasteiger partial charge in [0.15, 0.2) is 0 Å². The zero-order valence-electron chi connectivity index (χ0n) is 12.2. The number of hydrogen-bond acceptors (Lipinski definition) is 5. The molecule has 3 fully saturated rings. The summed E-state index contributed by atoms with van der Waals surface area (Å²) in [5, 5.41) is 20.8. The van der Waals surface area contributed by atoms with Crippen LogP contribution in [0.1, 0.15) is 30.7 Å². The van der Waals surface area contributed by atoms with Crippen LogP contribution in [0.2, 0.25) is 0 Å². The number of nitrogens with zero attached hydrogens (tertiary/aromatic N) is 1. The maximum atomic E-state index is 12.4. The molecule has 0 aliphatic heterocycles. The van der Waals surface area contributed by atoms with E-state index in [1.54, 1.807) is 0 Å². The largest absolute Gasteiger partial charge is 0.394 e. The standard InChI is InChI=1S/C16H19NO5/c18-8-9-22-16-7-6-12(13(19)10-16)14(15(16)17(20)21)11-4-2-1-3-5-11/h1-5,12,14-15,18H,6-10H2/t12-,14+,15-,16-/m1/s1. The fourth-order valence-electron chi connectivity index (χ4n) is 4.13. The van der Waals surface area contributed by atoms with Gasteiger partial charge in [-0.2, -0.15) is 0 Å². The van der Waals surface area contributed by atoms with Gasteiger partial charge < -0.3 is 9.84 Å². The summed E-state index contributed by atoms with van der Waals surface area (Å²) in [6, 6.07) is 8.26. The Morgan fingerprint density at radius 2 is 2.09 bits per heavy atom. The average Bonchev–Trinajstić information content (AvgIpc) is 2.53. The number of rotatable bonds is 5. The Balaban J connectivity index is 2.04. The molecule has 0 aromatic heterocycles. The van der Waals surface area contributed by atoms with Gasteiger partial charge in [-0.1, -0.05) is 30.3 Å². The zero-order valence-corrected chi connectivity index (χ0v) is 12.2. The van der Waals surface area contributed by atoms with Crippen LogP contribution in [0.5, 0.6) is 0 Å². The molecule has 6 nitrogen and oxygen atoms in total.